The summed E-state index contributed by atoms with van der Waals surface area (Å²) in [7, 11) is -2.30. The average molecular weight is 446 g/mol. The van der Waals surface area contributed by atoms with Crippen molar-refractivity contribution in [2.75, 3.05) is 6.16 Å². The molecule has 0 bridgehead atoms. The standard InChI is InChI=1S/C23H28NO6P/c1-16(24-22(27)29-23(2,3)4)30-31(28)15-20(21(25)26)14-17-10-12-19(13-11-17)18-8-6-5-7-9-18/h5-13,16,20H,14-15H2,1-4H3,(H-,24,25,26,27)/p+1/t16-,20?/m1/s1. The van der Waals surface area contributed by atoms with Crippen LogP contribution in [-0.2, 0) is 25.0 Å². The molecule has 3 atom stereocenters. The molecular weight excluding hydrogens is 417 g/mol. The van der Waals surface area contributed by atoms with Crippen molar-refractivity contribution in [1.82, 2.24) is 5.32 Å². The molecule has 0 aliphatic heterocycles. The summed E-state index contributed by atoms with van der Waals surface area (Å²) < 4.78 is 22.7. The number of rotatable bonds is 9. The van der Waals surface area contributed by atoms with Crippen LogP contribution < -0.4 is 5.32 Å². The second-order valence-electron chi connectivity index (χ2n) is 8.21. The zero-order chi connectivity index (χ0) is 23.0. The van der Waals surface area contributed by atoms with Gasteiger partial charge in [-0.15, -0.1) is 4.52 Å². The molecule has 0 aliphatic carbocycles. The molecule has 0 radical (unpaired) electrons. The van der Waals surface area contributed by atoms with Crippen molar-refractivity contribution in [2.24, 2.45) is 5.92 Å². The van der Waals surface area contributed by atoms with Crippen LogP contribution in [0.4, 0.5) is 4.79 Å². The Hall–Kier alpha value is -2.76. The summed E-state index contributed by atoms with van der Waals surface area (Å²) in [6.07, 6.45) is -1.51. The van der Waals surface area contributed by atoms with E-state index in [1.54, 1.807) is 20.8 Å². The fourth-order valence-corrected chi connectivity index (χ4v) is 4.01. The normalized spacial score (nSPS) is 13.7. The predicted octanol–water partition coefficient (Wildman–Crippen LogP) is 5.23. The van der Waals surface area contributed by atoms with Gasteiger partial charge in [0.05, 0.1) is 0 Å². The summed E-state index contributed by atoms with van der Waals surface area (Å²) in [5.41, 5.74) is 2.27. The molecule has 1 amide bonds. The molecule has 0 aromatic heterocycles. The molecule has 31 heavy (non-hydrogen) atoms. The SMILES string of the molecule is C[C@H](NC(=O)OC(C)(C)C)O[P+](=O)CC(Cc1ccc(-c2ccccc2)cc1)C(=O)O. The third kappa shape index (κ3) is 8.87. The van der Waals surface area contributed by atoms with E-state index in [9.17, 15) is 19.3 Å². The molecule has 0 spiro atoms. The van der Waals surface area contributed by atoms with E-state index < -0.39 is 37.8 Å². The van der Waals surface area contributed by atoms with Gasteiger partial charge in [-0.2, -0.15) is 0 Å². The van der Waals surface area contributed by atoms with Crippen LogP contribution in [0.5, 0.6) is 0 Å². The van der Waals surface area contributed by atoms with Gasteiger partial charge in [0.15, 0.2) is 12.4 Å². The Bertz CT molecular complexity index is 893. The minimum atomic E-state index is -2.30. The Balaban J connectivity index is 1.91. The minimum absolute atomic E-state index is 0.161. The summed E-state index contributed by atoms with van der Waals surface area (Å²) in [6.45, 7) is 6.68. The van der Waals surface area contributed by atoms with Gasteiger partial charge in [-0.3, -0.25) is 10.1 Å². The predicted molar refractivity (Wildman–Crippen MR) is 119 cm³/mol. The molecule has 2 N–H and O–H groups in total. The van der Waals surface area contributed by atoms with Crippen molar-refractivity contribution in [3.05, 3.63) is 60.2 Å². The van der Waals surface area contributed by atoms with E-state index >= 15 is 0 Å². The Kier molecular flexibility index (Phi) is 8.72. The highest BCUT2D eigenvalue weighted by Crippen LogP contribution is 2.29. The first-order valence-electron chi connectivity index (χ1n) is 10.0. The lowest BCUT2D eigenvalue weighted by molar-refractivity contribution is -0.141. The smallest absolute Gasteiger partial charge is 0.481 e. The van der Waals surface area contributed by atoms with Gasteiger partial charge in [-0.1, -0.05) is 54.6 Å². The second kappa shape index (κ2) is 11.0. The molecule has 0 heterocycles. The third-order valence-corrected chi connectivity index (χ3v) is 5.55. The monoisotopic (exact) mass is 446 g/mol. The highest BCUT2D eigenvalue weighted by atomic mass is 31.1. The van der Waals surface area contributed by atoms with Crippen molar-refractivity contribution < 1.29 is 28.5 Å². The second-order valence-corrected chi connectivity index (χ2v) is 9.45. The lowest BCUT2D eigenvalue weighted by Gasteiger charge is -2.20. The summed E-state index contributed by atoms with van der Waals surface area (Å²) in [4.78, 5) is 23.4. The zero-order valence-electron chi connectivity index (χ0n) is 18.2. The number of alkyl carbamates (subject to hydrolysis) is 1. The van der Waals surface area contributed by atoms with E-state index in [0.29, 0.717) is 0 Å². The van der Waals surface area contributed by atoms with Crippen LogP contribution in [0.2, 0.25) is 0 Å². The van der Waals surface area contributed by atoms with Crippen molar-refractivity contribution in [3.8, 4) is 11.1 Å². The number of amides is 1. The van der Waals surface area contributed by atoms with Crippen LogP contribution in [0.3, 0.4) is 0 Å². The van der Waals surface area contributed by atoms with E-state index in [1.807, 2.05) is 54.6 Å². The molecular formula is C23H29NO6P+. The van der Waals surface area contributed by atoms with Crippen molar-refractivity contribution in [1.29, 1.82) is 0 Å². The largest absolute Gasteiger partial charge is 0.511 e. The van der Waals surface area contributed by atoms with Gasteiger partial charge in [0.25, 0.3) is 0 Å². The van der Waals surface area contributed by atoms with Gasteiger partial charge >= 0.3 is 20.1 Å². The maximum absolute atomic E-state index is 12.3. The van der Waals surface area contributed by atoms with Crippen molar-refractivity contribution >= 4 is 20.1 Å². The first-order valence-corrected chi connectivity index (χ1v) is 11.4. The summed E-state index contributed by atoms with van der Waals surface area (Å²) in [6, 6.07) is 17.5. The Morgan fingerprint density at radius 1 is 1.03 bits per heavy atom. The topological polar surface area (TPSA) is 102 Å². The number of carbonyl (C=O) groups is 2. The lowest BCUT2D eigenvalue weighted by Crippen LogP contribution is -2.38. The Morgan fingerprint density at radius 2 is 1.61 bits per heavy atom. The highest BCUT2D eigenvalue weighted by molar-refractivity contribution is 7.39. The molecule has 0 aliphatic rings. The number of nitrogens with one attached hydrogen (secondary N) is 1. The fourth-order valence-electron chi connectivity index (χ4n) is 2.88. The molecule has 2 unspecified atom stereocenters. The number of carbonyl (C=O) groups excluding carboxylic acids is 1. The number of benzene rings is 2. The van der Waals surface area contributed by atoms with E-state index in [2.05, 4.69) is 5.32 Å². The first-order chi connectivity index (χ1) is 14.5. The molecule has 0 fully saturated rings. The van der Waals surface area contributed by atoms with E-state index in [-0.39, 0.29) is 12.6 Å². The van der Waals surface area contributed by atoms with Crippen LogP contribution >= 0.6 is 8.03 Å². The van der Waals surface area contributed by atoms with Gasteiger partial charge in [0.1, 0.15) is 11.5 Å². The van der Waals surface area contributed by atoms with Gasteiger partial charge in [0, 0.05) is 0 Å². The average Bonchev–Trinajstić information content (AvgIpc) is 2.66. The van der Waals surface area contributed by atoms with Gasteiger partial charge in [-0.05, 0) is 55.4 Å². The van der Waals surface area contributed by atoms with Gasteiger partial charge in [-0.25, -0.2) is 4.79 Å². The van der Waals surface area contributed by atoms with E-state index in [1.165, 1.54) is 6.92 Å². The number of carboxylic acid groups (broad SMARTS) is 1. The van der Waals surface area contributed by atoms with Crippen LogP contribution in [0.25, 0.3) is 11.1 Å². The quantitative estimate of drug-likeness (QED) is 0.404. The van der Waals surface area contributed by atoms with Crippen LogP contribution in [0, 0.1) is 5.92 Å². The maximum atomic E-state index is 12.3. The zero-order valence-corrected chi connectivity index (χ0v) is 19.1. The van der Waals surface area contributed by atoms with Gasteiger partial charge < -0.3 is 9.84 Å². The van der Waals surface area contributed by atoms with Gasteiger partial charge in [0.2, 0.25) is 0 Å². The molecule has 0 saturated carbocycles. The lowest BCUT2D eigenvalue weighted by atomic mass is 9.98. The van der Waals surface area contributed by atoms with Crippen molar-refractivity contribution in [3.63, 3.8) is 0 Å². The number of hydrogen-bond acceptors (Lipinski definition) is 5. The molecule has 166 valence electrons. The number of ether oxygens (including phenoxy) is 1. The summed E-state index contributed by atoms with van der Waals surface area (Å²) in [5, 5.41) is 12.0. The number of hydrogen-bond donors (Lipinski definition) is 2. The molecule has 8 heteroatoms. The molecule has 2 aromatic rings. The van der Waals surface area contributed by atoms with E-state index in [0.717, 1.165) is 16.7 Å². The molecule has 2 rings (SSSR count). The van der Waals surface area contributed by atoms with Crippen LogP contribution in [-0.4, -0.2) is 35.2 Å². The highest BCUT2D eigenvalue weighted by Gasteiger charge is 2.33. The molecule has 0 saturated heterocycles. The third-order valence-electron chi connectivity index (χ3n) is 4.26. The Labute approximate surface area is 183 Å². The van der Waals surface area contributed by atoms with E-state index in [4.69, 9.17) is 9.26 Å². The minimum Gasteiger partial charge on any atom is -0.481 e. The van der Waals surface area contributed by atoms with Crippen LogP contribution in [0.15, 0.2) is 54.6 Å². The fraction of sp³-hybridized carbons (Fsp3) is 0.391. The number of carboxylic acids is 1. The van der Waals surface area contributed by atoms with Crippen molar-refractivity contribution in [2.45, 2.75) is 45.9 Å². The summed E-state index contributed by atoms with van der Waals surface area (Å²) in [5.74, 6) is -1.92. The summed E-state index contributed by atoms with van der Waals surface area (Å²) >= 11 is 0. The first kappa shape index (κ1) is 24.5. The maximum Gasteiger partial charge on any atom is 0.511 e. The molecule has 7 nitrogen and oxygen atoms in total. The Morgan fingerprint density at radius 3 is 2.16 bits per heavy atom. The molecule has 2 aromatic carbocycles. The number of aliphatic carboxylic acids is 1. The van der Waals surface area contributed by atoms with Crippen LogP contribution in [0.1, 0.15) is 33.3 Å².